The molecule has 0 bridgehead atoms. The van der Waals surface area contributed by atoms with Crippen molar-refractivity contribution in [1.29, 1.82) is 0 Å². The predicted molar refractivity (Wildman–Crippen MR) is 67.9 cm³/mol. The number of hydrogen-bond donors (Lipinski definition) is 1. The summed E-state index contributed by atoms with van der Waals surface area (Å²) in [5, 5.41) is 9.49. The molecule has 1 N–H and O–H groups in total. The lowest BCUT2D eigenvalue weighted by molar-refractivity contribution is -0.147. The maximum absolute atomic E-state index is 12.0. The summed E-state index contributed by atoms with van der Waals surface area (Å²) < 4.78 is 5.07. The molecule has 4 nitrogen and oxygen atoms in total. The van der Waals surface area contributed by atoms with Crippen molar-refractivity contribution < 1.29 is 19.4 Å². The fourth-order valence-electron chi connectivity index (χ4n) is 4.16. The summed E-state index contributed by atoms with van der Waals surface area (Å²) in [6, 6.07) is 0. The van der Waals surface area contributed by atoms with Gasteiger partial charge in [-0.15, -0.1) is 0 Å². The molecular weight excluding hydrogens is 244 g/mol. The summed E-state index contributed by atoms with van der Waals surface area (Å²) in [6.45, 7) is 7.74. The predicted octanol–water partition coefficient (Wildman–Crippen LogP) is 2.37. The number of carbonyl (C=O) groups excluding carboxylic acids is 1. The highest BCUT2D eigenvalue weighted by atomic mass is 16.5. The molecule has 0 radical (unpaired) electrons. The molecule has 3 aliphatic rings. The minimum atomic E-state index is -0.750. The van der Waals surface area contributed by atoms with Gasteiger partial charge in [0.05, 0.1) is 17.6 Å². The van der Waals surface area contributed by atoms with Crippen molar-refractivity contribution in [2.24, 2.45) is 29.1 Å². The Balaban J connectivity index is 2.05. The van der Waals surface area contributed by atoms with E-state index in [0.29, 0.717) is 6.42 Å². The molecule has 1 aliphatic heterocycles. The Labute approximate surface area is 112 Å². The van der Waals surface area contributed by atoms with Crippen LogP contribution in [0, 0.1) is 29.1 Å². The number of cyclic esters (lactones) is 1. The second-order valence-corrected chi connectivity index (χ2v) is 6.22. The zero-order valence-electron chi connectivity index (χ0n) is 11.2. The second kappa shape index (κ2) is 3.71. The number of esters is 1. The van der Waals surface area contributed by atoms with Gasteiger partial charge in [-0.1, -0.05) is 12.2 Å². The Kier molecular flexibility index (Phi) is 2.43. The van der Waals surface area contributed by atoms with E-state index in [0.717, 1.165) is 17.6 Å². The van der Waals surface area contributed by atoms with Crippen molar-refractivity contribution in [2.45, 2.75) is 26.7 Å². The number of fused-ring (bicyclic) bond motifs is 3. The standard InChI is InChI=1S/C15H18O4/c1-7-4-5-9-12(15(9,3)14(17)18)10-8(2)6-19-13(16)11(7)10/h6,9-12H,1,4-5H2,2-3H3,(H,17,18)/t9-,10-,11-,12-,15+/m0/s1. The third-order valence-corrected chi connectivity index (χ3v) is 5.35. The lowest BCUT2D eigenvalue weighted by atomic mass is 9.76. The molecule has 0 saturated heterocycles. The Morgan fingerprint density at radius 2 is 2.26 bits per heavy atom. The number of aliphatic carboxylic acids is 1. The number of rotatable bonds is 1. The van der Waals surface area contributed by atoms with Crippen molar-refractivity contribution in [3.8, 4) is 0 Å². The highest BCUT2D eigenvalue weighted by Gasteiger charge is 2.71. The van der Waals surface area contributed by atoms with Crippen LogP contribution in [0.15, 0.2) is 24.0 Å². The van der Waals surface area contributed by atoms with E-state index in [1.807, 2.05) is 13.8 Å². The molecule has 2 aliphatic carbocycles. The first-order chi connectivity index (χ1) is 8.89. The Morgan fingerprint density at radius 1 is 1.58 bits per heavy atom. The summed E-state index contributed by atoms with van der Waals surface area (Å²) >= 11 is 0. The molecule has 0 unspecified atom stereocenters. The first-order valence-corrected chi connectivity index (χ1v) is 6.67. The third-order valence-electron chi connectivity index (χ3n) is 5.35. The van der Waals surface area contributed by atoms with Crippen LogP contribution < -0.4 is 0 Å². The Bertz CT molecular complexity index is 518. The SMILES string of the molecule is C=C1CC[C@H]2[C@@H]([C@H]3C(C)=COC(=O)[C@@H]13)[C@]2(C)C(=O)O. The van der Waals surface area contributed by atoms with Crippen molar-refractivity contribution in [3.05, 3.63) is 24.0 Å². The van der Waals surface area contributed by atoms with Gasteiger partial charge in [-0.2, -0.15) is 0 Å². The maximum Gasteiger partial charge on any atom is 0.318 e. The number of hydrogen-bond acceptors (Lipinski definition) is 3. The number of carbonyl (C=O) groups is 2. The van der Waals surface area contributed by atoms with Crippen LogP contribution in [0.4, 0.5) is 0 Å². The monoisotopic (exact) mass is 262 g/mol. The molecular formula is C15H18O4. The van der Waals surface area contributed by atoms with Gasteiger partial charge < -0.3 is 9.84 Å². The molecule has 2 fully saturated rings. The van der Waals surface area contributed by atoms with Gasteiger partial charge >= 0.3 is 11.9 Å². The molecule has 0 aromatic heterocycles. The minimum absolute atomic E-state index is 0.0262. The molecule has 0 amide bonds. The molecule has 4 heteroatoms. The molecule has 1 heterocycles. The molecule has 0 aromatic rings. The number of allylic oxidation sites excluding steroid dienone is 1. The zero-order valence-corrected chi connectivity index (χ0v) is 11.2. The van der Waals surface area contributed by atoms with Crippen LogP contribution in [0.25, 0.3) is 0 Å². The minimum Gasteiger partial charge on any atom is -0.481 e. The molecule has 0 spiro atoms. The van der Waals surface area contributed by atoms with Crippen LogP contribution in [0.3, 0.4) is 0 Å². The number of carboxylic acid groups (broad SMARTS) is 1. The van der Waals surface area contributed by atoms with Gasteiger partial charge in [-0.05, 0) is 44.1 Å². The number of carboxylic acids is 1. The van der Waals surface area contributed by atoms with E-state index in [-0.39, 0.29) is 29.6 Å². The normalized spacial score (nSPS) is 44.4. The van der Waals surface area contributed by atoms with Crippen LogP contribution in [0.2, 0.25) is 0 Å². The largest absolute Gasteiger partial charge is 0.481 e. The van der Waals surface area contributed by atoms with Crippen molar-refractivity contribution in [3.63, 3.8) is 0 Å². The Morgan fingerprint density at radius 3 is 2.89 bits per heavy atom. The van der Waals surface area contributed by atoms with E-state index < -0.39 is 11.4 Å². The lowest BCUT2D eigenvalue weighted by Gasteiger charge is -2.31. The summed E-state index contributed by atoms with van der Waals surface area (Å²) in [5.41, 5.74) is 1.16. The van der Waals surface area contributed by atoms with E-state index in [4.69, 9.17) is 4.74 Å². The summed E-state index contributed by atoms with van der Waals surface area (Å²) in [6.07, 6.45) is 3.01. The first kappa shape index (κ1) is 12.5. The van der Waals surface area contributed by atoms with Gasteiger partial charge in [0.25, 0.3) is 0 Å². The van der Waals surface area contributed by atoms with Gasteiger partial charge in [-0.3, -0.25) is 9.59 Å². The van der Waals surface area contributed by atoms with Crippen molar-refractivity contribution in [1.82, 2.24) is 0 Å². The van der Waals surface area contributed by atoms with Crippen LogP contribution in [-0.2, 0) is 14.3 Å². The average molecular weight is 262 g/mol. The van der Waals surface area contributed by atoms with E-state index in [2.05, 4.69) is 6.58 Å². The fourth-order valence-corrected chi connectivity index (χ4v) is 4.16. The zero-order chi connectivity index (χ0) is 13.9. The number of ether oxygens (including phenoxy) is 1. The molecule has 0 aromatic carbocycles. The third kappa shape index (κ3) is 1.46. The van der Waals surface area contributed by atoms with Gasteiger partial charge in [-0.25, -0.2) is 0 Å². The highest BCUT2D eigenvalue weighted by molar-refractivity contribution is 5.82. The quantitative estimate of drug-likeness (QED) is 0.582. The maximum atomic E-state index is 12.0. The van der Waals surface area contributed by atoms with E-state index in [1.165, 1.54) is 6.26 Å². The summed E-state index contributed by atoms with van der Waals surface area (Å²) in [7, 11) is 0. The molecule has 3 rings (SSSR count). The van der Waals surface area contributed by atoms with Crippen molar-refractivity contribution in [2.75, 3.05) is 0 Å². The van der Waals surface area contributed by atoms with E-state index >= 15 is 0 Å². The lowest BCUT2D eigenvalue weighted by Crippen LogP contribution is -2.34. The molecule has 5 atom stereocenters. The fraction of sp³-hybridized carbons (Fsp3) is 0.600. The van der Waals surface area contributed by atoms with Gasteiger partial charge in [0.15, 0.2) is 0 Å². The smallest absolute Gasteiger partial charge is 0.318 e. The van der Waals surface area contributed by atoms with Crippen molar-refractivity contribution >= 4 is 11.9 Å². The van der Waals surface area contributed by atoms with Gasteiger partial charge in [0.2, 0.25) is 0 Å². The van der Waals surface area contributed by atoms with Gasteiger partial charge in [0, 0.05) is 5.92 Å². The second-order valence-electron chi connectivity index (χ2n) is 6.22. The first-order valence-electron chi connectivity index (χ1n) is 6.67. The topological polar surface area (TPSA) is 63.6 Å². The van der Waals surface area contributed by atoms with E-state index in [9.17, 15) is 14.7 Å². The van der Waals surface area contributed by atoms with Crippen LogP contribution in [0.1, 0.15) is 26.7 Å². The molecule has 19 heavy (non-hydrogen) atoms. The highest BCUT2D eigenvalue weighted by Crippen LogP contribution is 2.69. The molecule has 2 saturated carbocycles. The summed E-state index contributed by atoms with van der Waals surface area (Å²) in [4.78, 5) is 23.6. The van der Waals surface area contributed by atoms with Crippen LogP contribution >= 0.6 is 0 Å². The average Bonchev–Trinajstić information content (AvgIpc) is 2.99. The summed E-state index contributed by atoms with van der Waals surface area (Å²) in [5.74, 6) is -1.27. The van der Waals surface area contributed by atoms with Gasteiger partial charge in [0.1, 0.15) is 0 Å². The van der Waals surface area contributed by atoms with Crippen LogP contribution in [0.5, 0.6) is 0 Å². The van der Waals surface area contributed by atoms with Crippen LogP contribution in [-0.4, -0.2) is 17.0 Å². The molecule has 102 valence electrons. The van der Waals surface area contributed by atoms with E-state index in [1.54, 1.807) is 0 Å². The Hall–Kier alpha value is -1.58.